The molecule has 84 valence electrons. The second-order valence-corrected chi connectivity index (χ2v) is 3.89. The largest absolute Gasteiger partial charge is 0.207 e. The first kappa shape index (κ1) is 10.1. The molecule has 3 aromatic carbocycles. The van der Waals surface area contributed by atoms with Crippen LogP contribution < -0.4 is 0 Å². The highest BCUT2D eigenvalue weighted by Gasteiger charge is 2.12. The first-order chi connectivity index (χ1) is 8.16. The minimum atomic E-state index is -0.872. The van der Waals surface area contributed by atoms with Gasteiger partial charge < -0.3 is 0 Å². The van der Waals surface area contributed by atoms with E-state index < -0.39 is 17.5 Å². The van der Waals surface area contributed by atoms with Gasteiger partial charge in [0.2, 0.25) is 0 Å². The summed E-state index contributed by atoms with van der Waals surface area (Å²) in [6.45, 7) is 0. The minimum Gasteiger partial charge on any atom is -0.207 e. The quantitative estimate of drug-likeness (QED) is 0.503. The topological polar surface area (TPSA) is 0 Å². The van der Waals surface area contributed by atoms with Crippen molar-refractivity contribution in [1.82, 2.24) is 0 Å². The second-order valence-electron chi connectivity index (χ2n) is 3.89. The Labute approximate surface area is 95.3 Å². The van der Waals surface area contributed by atoms with Crippen LogP contribution in [0.15, 0.2) is 42.5 Å². The van der Waals surface area contributed by atoms with Gasteiger partial charge in [-0.25, -0.2) is 13.2 Å². The lowest BCUT2D eigenvalue weighted by molar-refractivity contribution is 0.582. The number of benzene rings is 3. The molecule has 0 saturated heterocycles. The number of fused-ring (bicyclic) bond motifs is 3. The molecule has 0 saturated carbocycles. The molecule has 0 bridgehead atoms. The predicted octanol–water partition coefficient (Wildman–Crippen LogP) is 4.41. The highest BCUT2D eigenvalue weighted by atomic mass is 19.1. The maximum absolute atomic E-state index is 13.7. The first-order valence-electron chi connectivity index (χ1n) is 5.13. The zero-order chi connectivity index (χ0) is 12.0. The molecule has 0 N–H and O–H groups in total. The van der Waals surface area contributed by atoms with Crippen LogP contribution in [0, 0.1) is 17.5 Å². The van der Waals surface area contributed by atoms with Crippen molar-refractivity contribution in [3.05, 3.63) is 59.9 Å². The summed E-state index contributed by atoms with van der Waals surface area (Å²) in [5, 5.41) is 1.37. The van der Waals surface area contributed by atoms with E-state index in [0.717, 1.165) is 6.07 Å². The lowest BCUT2D eigenvalue weighted by Crippen LogP contribution is -1.89. The van der Waals surface area contributed by atoms with Crippen LogP contribution in [0.1, 0.15) is 0 Å². The Morgan fingerprint density at radius 1 is 0.706 bits per heavy atom. The lowest BCUT2D eigenvalue weighted by Gasteiger charge is -2.06. The molecule has 0 atom stereocenters. The highest BCUT2D eigenvalue weighted by molar-refractivity contribution is 6.07. The van der Waals surface area contributed by atoms with Crippen LogP contribution in [0.25, 0.3) is 21.5 Å². The third-order valence-electron chi connectivity index (χ3n) is 2.83. The molecule has 0 radical (unpaired) electrons. The van der Waals surface area contributed by atoms with Crippen molar-refractivity contribution in [2.45, 2.75) is 0 Å². The smallest absolute Gasteiger partial charge is 0.136 e. The molecule has 0 spiro atoms. The fourth-order valence-electron chi connectivity index (χ4n) is 2.11. The van der Waals surface area contributed by atoms with Gasteiger partial charge in [0.15, 0.2) is 0 Å². The molecule has 0 fully saturated rings. The SMILES string of the molecule is Fc1cc(F)c2c(F)cc3ccccc3c2c1. The molecular formula is C14H7F3. The van der Waals surface area contributed by atoms with Gasteiger partial charge in [0, 0.05) is 6.07 Å². The Morgan fingerprint density at radius 3 is 2.24 bits per heavy atom. The van der Waals surface area contributed by atoms with Gasteiger partial charge >= 0.3 is 0 Å². The van der Waals surface area contributed by atoms with Crippen LogP contribution in [-0.4, -0.2) is 0 Å². The number of hydrogen-bond donors (Lipinski definition) is 0. The van der Waals surface area contributed by atoms with Crippen molar-refractivity contribution in [2.24, 2.45) is 0 Å². The molecule has 0 aliphatic heterocycles. The molecule has 0 nitrogen and oxygen atoms in total. The summed E-state index contributed by atoms with van der Waals surface area (Å²) in [7, 11) is 0. The summed E-state index contributed by atoms with van der Waals surface area (Å²) >= 11 is 0. The predicted molar refractivity (Wildman–Crippen MR) is 61.3 cm³/mol. The first-order valence-corrected chi connectivity index (χ1v) is 5.13. The Balaban J connectivity index is 2.64. The highest BCUT2D eigenvalue weighted by Crippen LogP contribution is 2.30. The van der Waals surface area contributed by atoms with Gasteiger partial charge in [0.05, 0.1) is 5.39 Å². The number of rotatable bonds is 0. The Hall–Kier alpha value is -2.03. The average Bonchev–Trinajstić information content (AvgIpc) is 2.28. The van der Waals surface area contributed by atoms with Crippen LogP contribution in [0.2, 0.25) is 0 Å². The van der Waals surface area contributed by atoms with Crippen LogP contribution >= 0.6 is 0 Å². The monoisotopic (exact) mass is 232 g/mol. The van der Waals surface area contributed by atoms with Crippen LogP contribution in [0.5, 0.6) is 0 Å². The van der Waals surface area contributed by atoms with Gasteiger partial charge in [-0.3, -0.25) is 0 Å². The van der Waals surface area contributed by atoms with Crippen LogP contribution in [0.4, 0.5) is 13.2 Å². The van der Waals surface area contributed by atoms with E-state index in [4.69, 9.17) is 0 Å². The van der Waals surface area contributed by atoms with E-state index in [1.807, 2.05) is 0 Å². The van der Waals surface area contributed by atoms with Crippen molar-refractivity contribution in [3.63, 3.8) is 0 Å². The van der Waals surface area contributed by atoms with Gasteiger partial charge in [0.25, 0.3) is 0 Å². The lowest BCUT2D eigenvalue weighted by atomic mass is 10.0. The van der Waals surface area contributed by atoms with E-state index in [1.54, 1.807) is 24.3 Å². The summed E-state index contributed by atoms with van der Waals surface area (Å²) in [6.07, 6.45) is 0. The maximum atomic E-state index is 13.7. The third-order valence-corrected chi connectivity index (χ3v) is 2.83. The van der Waals surface area contributed by atoms with E-state index in [1.165, 1.54) is 6.07 Å². The average molecular weight is 232 g/mol. The van der Waals surface area contributed by atoms with E-state index in [-0.39, 0.29) is 10.8 Å². The maximum Gasteiger partial charge on any atom is 0.136 e. The molecule has 0 amide bonds. The van der Waals surface area contributed by atoms with Crippen molar-refractivity contribution < 1.29 is 13.2 Å². The molecule has 3 rings (SSSR count). The fourth-order valence-corrected chi connectivity index (χ4v) is 2.11. The summed E-state index contributed by atoms with van der Waals surface area (Å²) < 4.78 is 40.5. The van der Waals surface area contributed by atoms with Crippen molar-refractivity contribution in [1.29, 1.82) is 0 Å². The Kier molecular flexibility index (Phi) is 2.08. The van der Waals surface area contributed by atoms with Crippen molar-refractivity contribution in [3.8, 4) is 0 Å². The molecule has 0 aliphatic rings. The van der Waals surface area contributed by atoms with E-state index in [2.05, 4.69) is 0 Å². The van der Waals surface area contributed by atoms with Crippen molar-refractivity contribution in [2.75, 3.05) is 0 Å². The van der Waals surface area contributed by atoms with Gasteiger partial charge in [0.1, 0.15) is 17.5 Å². The van der Waals surface area contributed by atoms with Gasteiger partial charge in [-0.1, -0.05) is 24.3 Å². The molecule has 0 heterocycles. The molecule has 3 heteroatoms. The van der Waals surface area contributed by atoms with Crippen molar-refractivity contribution >= 4 is 21.5 Å². The number of halogens is 3. The zero-order valence-corrected chi connectivity index (χ0v) is 8.68. The summed E-state index contributed by atoms with van der Waals surface area (Å²) in [5.41, 5.74) is 0. The van der Waals surface area contributed by atoms with Gasteiger partial charge in [-0.15, -0.1) is 0 Å². The zero-order valence-electron chi connectivity index (χ0n) is 8.68. The summed E-state index contributed by atoms with van der Waals surface area (Å²) in [5.74, 6) is -2.25. The normalized spacial score (nSPS) is 11.2. The van der Waals surface area contributed by atoms with Gasteiger partial charge in [-0.05, 0) is 28.3 Å². The minimum absolute atomic E-state index is 0.162. The van der Waals surface area contributed by atoms with E-state index >= 15 is 0 Å². The molecule has 17 heavy (non-hydrogen) atoms. The molecule has 0 aromatic heterocycles. The summed E-state index contributed by atoms with van der Waals surface area (Å²) in [4.78, 5) is 0. The molecule has 3 aromatic rings. The Morgan fingerprint density at radius 2 is 1.41 bits per heavy atom. The second kappa shape index (κ2) is 3.48. The third kappa shape index (κ3) is 1.46. The summed E-state index contributed by atoms with van der Waals surface area (Å²) in [6, 6.07) is 10.0. The molecule has 0 aliphatic carbocycles. The van der Waals surface area contributed by atoms with Crippen LogP contribution in [0.3, 0.4) is 0 Å². The van der Waals surface area contributed by atoms with E-state index in [9.17, 15) is 13.2 Å². The molecule has 0 unspecified atom stereocenters. The molecular weight excluding hydrogens is 225 g/mol. The Bertz CT molecular complexity index is 732. The van der Waals surface area contributed by atoms with E-state index in [0.29, 0.717) is 16.8 Å². The standard InChI is InChI=1S/C14H7F3/c15-9-6-11-10-4-2-1-3-8(10)5-12(16)14(11)13(17)7-9/h1-7H. The number of hydrogen-bond acceptors (Lipinski definition) is 0. The fraction of sp³-hybridized carbons (Fsp3) is 0. The van der Waals surface area contributed by atoms with Gasteiger partial charge in [-0.2, -0.15) is 0 Å². The van der Waals surface area contributed by atoms with Crippen LogP contribution in [-0.2, 0) is 0 Å².